The third-order valence-electron chi connectivity index (χ3n) is 1.07. The van der Waals surface area contributed by atoms with Gasteiger partial charge in [-0.05, 0) is 11.4 Å². The second-order valence-corrected chi connectivity index (χ2v) is 2.61. The fourth-order valence-electron chi connectivity index (χ4n) is 0.578. The summed E-state index contributed by atoms with van der Waals surface area (Å²) in [6.45, 7) is 0. The number of hydrogen-bond donors (Lipinski definition) is 1. The second-order valence-electron chi connectivity index (χ2n) is 1.70. The van der Waals surface area contributed by atoms with Crippen LogP contribution < -0.4 is 5.73 Å². The van der Waals surface area contributed by atoms with Gasteiger partial charge in [-0.2, -0.15) is 0 Å². The van der Waals surface area contributed by atoms with Crippen LogP contribution in [0, 0.1) is 0 Å². The van der Waals surface area contributed by atoms with Crippen molar-refractivity contribution in [2.24, 2.45) is 0 Å². The largest absolute Gasteiger partial charge is 0.465 e. The highest BCUT2D eigenvalue weighted by Gasteiger charge is 2.09. The molecular formula is C6H8ClNO2S. The lowest BCUT2D eigenvalue weighted by atomic mass is 10.4. The van der Waals surface area contributed by atoms with Crippen LogP contribution in [0.2, 0.25) is 0 Å². The van der Waals surface area contributed by atoms with Gasteiger partial charge in [-0.25, -0.2) is 4.79 Å². The van der Waals surface area contributed by atoms with Crippen LogP contribution in [0.25, 0.3) is 0 Å². The predicted octanol–water partition coefficient (Wildman–Crippen LogP) is 1.54. The standard InChI is InChI=1S/C6H7NO2S.ClH/c1-9-6(8)5-4(7)2-3-10-5;/h2-3H,7H2,1H3;1H. The van der Waals surface area contributed by atoms with Crippen molar-refractivity contribution in [3.63, 3.8) is 0 Å². The number of nitrogen functional groups attached to an aromatic ring is 1. The fraction of sp³-hybridized carbons (Fsp3) is 0.167. The van der Waals surface area contributed by atoms with Crippen molar-refractivity contribution in [2.45, 2.75) is 0 Å². The van der Waals surface area contributed by atoms with Gasteiger partial charge < -0.3 is 10.5 Å². The zero-order valence-corrected chi connectivity index (χ0v) is 7.50. The maximum Gasteiger partial charge on any atom is 0.350 e. The molecule has 0 amide bonds. The third-order valence-corrected chi connectivity index (χ3v) is 1.98. The number of carbonyl (C=O) groups is 1. The van der Waals surface area contributed by atoms with Crippen molar-refractivity contribution in [3.05, 3.63) is 16.3 Å². The van der Waals surface area contributed by atoms with E-state index in [-0.39, 0.29) is 18.4 Å². The summed E-state index contributed by atoms with van der Waals surface area (Å²) in [6, 6.07) is 1.68. The van der Waals surface area contributed by atoms with Crippen LogP contribution in [0.3, 0.4) is 0 Å². The minimum Gasteiger partial charge on any atom is -0.465 e. The van der Waals surface area contributed by atoms with E-state index in [2.05, 4.69) is 4.74 Å². The van der Waals surface area contributed by atoms with Crippen molar-refractivity contribution in [1.82, 2.24) is 0 Å². The molecule has 0 spiro atoms. The topological polar surface area (TPSA) is 52.3 Å². The maximum atomic E-state index is 10.8. The summed E-state index contributed by atoms with van der Waals surface area (Å²) < 4.78 is 4.47. The Morgan fingerprint density at radius 3 is 2.73 bits per heavy atom. The molecule has 0 saturated carbocycles. The van der Waals surface area contributed by atoms with Gasteiger partial charge in [-0.1, -0.05) is 0 Å². The van der Waals surface area contributed by atoms with E-state index in [0.29, 0.717) is 10.6 Å². The van der Waals surface area contributed by atoms with Gasteiger partial charge in [-0.15, -0.1) is 23.7 Å². The minimum atomic E-state index is -0.368. The molecule has 11 heavy (non-hydrogen) atoms. The van der Waals surface area contributed by atoms with E-state index in [1.54, 1.807) is 11.4 Å². The number of esters is 1. The lowest BCUT2D eigenvalue weighted by Crippen LogP contribution is -2.00. The van der Waals surface area contributed by atoms with Crippen LogP contribution in [0.4, 0.5) is 5.69 Å². The van der Waals surface area contributed by atoms with Gasteiger partial charge >= 0.3 is 5.97 Å². The molecule has 0 saturated heterocycles. The number of carbonyl (C=O) groups excluding carboxylic acids is 1. The molecule has 1 aromatic rings. The van der Waals surface area contributed by atoms with Crippen LogP contribution in [-0.2, 0) is 4.74 Å². The lowest BCUT2D eigenvalue weighted by Gasteiger charge is -1.94. The Hall–Kier alpha value is -0.740. The second kappa shape index (κ2) is 4.20. The molecule has 0 unspecified atom stereocenters. The van der Waals surface area contributed by atoms with Gasteiger partial charge in [0.2, 0.25) is 0 Å². The van der Waals surface area contributed by atoms with E-state index >= 15 is 0 Å². The van der Waals surface area contributed by atoms with Crippen LogP contribution in [-0.4, -0.2) is 13.1 Å². The van der Waals surface area contributed by atoms with Crippen LogP contribution >= 0.6 is 23.7 Å². The third kappa shape index (κ3) is 2.10. The Morgan fingerprint density at radius 2 is 2.36 bits per heavy atom. The van der Waals surface area contributed by atoms with Gasteiger partial charge in [0.1, 0.15) is 4.88 Å². The number of thiophene rings is 1. The van der Waals surface area contributed by atoms with Crippen molar-refractivity contribution in [3.8, 4) is 0 Å². The maximum absolute atomic E-state index is 10.8. The SMILES string of the molecule is COC(=O)c1sccc1N.Cl. The minimum absolute atomic E-state index is 0. The molecule has 0 aliphatic rings. The molecule has 1 rings (SSSR count). The Labute approximate surface area is 74.6 Å². The molecule has 3 nitrogen and oxygen atoms in total. The van der Waals surface area contributed by atoms with Gasteiger partial charge in [0, 0.05) is 0 Å². The molecule has 0 aromatic carbocycles. The highest BCUT2D eigenvalue weighted by atomic mass is 35.5. The summed E-state index contributed by atoms with van der Waals surface area (Å²) in [5.41, 5.74) is 5.91. The highest BCUT2D eigenvalue weighted by molar-refractivity contribution is 7.12. The molecule has 0 bridgehead atoms. The van der Waals surface area contributed by atoms with Crippen molar-refractivity contribution >= 4 is 35.4 Å². The first-order valence-electron chi connectivity index (χ1n) is 2.67. The Kier molecular flexibility index (Phi) is 3.92. The monoisotopic (exact) mass is 193 g/mol. The lowest BCUT2D eigenvalue weighted by molar-refractivity contribution is 0.0607. The quantitative estimate of drug-likeness (QED) is 0.689. The van der Waals surface area contributed by atoms with Crippen LogP contribution in [0.5, 0.6) is 0 Å². The van der Waals surface area contributed by atoms with Gasteiger partial charge in [-0.3, -0.25) is 0 Å². The summed E-state index contributed by atoms with van der Waals surface area (Å²) >= 11 is 1.28. The smallest absolute Gasteiger partial charge is 0.350 e. The molecule has 0 fully saturated rings. The Morgan fingerprint density at radius 1 is 1.73 bits per heavy atom. The number of nitrogens with two attached hydrogens (primary N) is 1. The highest BCUT2D eigenvalue weighted by Crippen LogP contribution is 2.18. The number of rotatable bonds is 1. The van der Waals surface area contributed by atoms with Crippen LogP contribution in [0.1, 0.15) is 9.67 Å². The van der Waals surface area contributed by atoms with E-state index in [9.17, 15) is 4.79 Å². The molecule has 0 aliphatic carbocycles. The van der Waals surface area contributed by atoms with Gasteiger partial charge in [0.05, 0.1) is 12.8 Å². The van der Waals surface area contributed by atoms with Crippen molar-refractivity contribution in [2.75, 3.05) is 12.8 Å². The molecule has 5 heteroatoms. The van der Waals surface area contributed by atoms with E-state index < -0.39 is 0 Å². The molecule has 1 aromatic heterocycles. The molecule has 0 atom stereocenters. The number of ether oxygens (including phenoxy) is 1. The predicted molar refractivity (Wildman–Crippen MR) is 47.3 cm³/mol. The molecule has 0 aliphatic heterocycles. The first kappa shape index (κ1) is 10.3. The molecule has 2 N–H and O–H groups in total. The number of methoxy groups -OCH3 is 1. The van der Waals surface area contributed by atoms with Gasteiger partial charge in [0.25, 0.3) is 0 Å². The number of halogens is 1. The average Bonchev–Trinajstić information content (AvgIpc) is 2.34. The Balaban J connectivity index is 0.000001000. The fourth-order valence-corrected chi connectivity index (χ4v) is 1.31. The first-order chi connectivity index (χ1) is 4.75. The molecule has 1 heterocycles. The van der Waals surface area contributed by atoms with E-state index in [1.165, 1.54) is 18.4 Å². The zero-order chi connectivity index (χ0) is 7.56. The average molecular weight is 194 g/mol. The van der Waals surface area contributed by atoms with Crippen molar-refractivity contribution in [1.29, 1.82) is 0 Å². The first-order valence-corrected chi connectivity index (χ1v) is 3.55. The molecule has 62 valence electrons. The van der Waals surface area contributed by atoms with Gasteiger partial charge in [0.15, 0.2) is 0 Å². The zero-order valence-electron chi connectivity index (χ0n) is 5.87. The number of hydrogen-bond acceptors (Lipinski definition) is 4. The molecular weight excluding hydrogens is 186 g/mol. The number of anilines is 1. The summed E-state index contributed by atoms with van der Waals surface area (Å²) in [7, 11) is 1.33. The van der Waals surface area contributed by atoms with E-state index in [4.69, 9.17) is 5.73 Å². The molecule has 0 radical (unpaired) electrons. The van der Waals surface area contributed by atoms with Crippen molar-refractivity contribution < 1.29 is 9.53 Å². The van der Waals surface area contributed by atoms with E-state index in [0.717, 1.165) is 0 Å². The normalized spacial score (nSPS) is 8.45. The summed E-state index contributed by atoms with van der Waals surface area (Å²) in [5.74, 6) is -0.368. The summed E-state index contributed by atoms with van der Waals surface area (Å²) in [4.78, 5) is 11.3. The summed E-state index contributed by atoms with van der Waals surface area (Å²) in [5, 5.41) is 1.75. The Bertz CT molecular complexity index is 248. The van der Waals surface area contributed by atoms with Crippen LogP contribution in [0.15, 0.2) is 11.4 Å². The summed E-state index contributed by atoms with van der Waals surface area (Å²) in [6.07, 6.45) is 0. The van der Waals surface area contributed by atoms with E-state index in [1.807, 2.05) is 0 Å².